The van der Waals surface area contributed by atoms with Crippen LogP contribution in [0.2, 0.25) is 0 Å². The smallest absolute Gasteiger partial charge is 0.102 e. The minimum atomic E-state index is -0.673. The number of hydrogen-bond acceptors (Lipinski definition) is 2. The predicted octanol–water partition coefficient (Wildman–Crippen LogP) is 1.27. The molecular weight excluding hydrogens is 143 g/mol. The van der Waals surface area contributed by atoms with Crippen LogP contribution in [0.25, 0.3) is 0 Å². The molecule has 0 atom stereocenters. The quantitative estimate of drug-likeness (QED) is 0.636. The number of hydrogen-bond donors (Lipinski definition) is 2. The fourth-order valence-electron chi connectivity index (χ4n) is 1.69. The molecule has 0 spiro atoms. The molecule has 1 aliphatic rings. The second-order valence-corrected chi connectivity index (χ2v) is 3.26. The molecule has 1 fully saturated rings. The van der Waals surface area contributed by atoms with Gasteiger partial charge in [0.15, 0.2) is 0 Å². The van der Waals surface area contributed by atoms with Crippen LogP contribution in [0.5, 0.6) is 0 Å². The summed E-state index contributed by atoms with van der Waals surface area (Å²) >= 11 is 0. The highest BCUT2D eigenvalue weighted by atomic mass is 19.1. The molecule has 0 unspecified atom stereocenters. The molecular formula is C8H15FN2. The summed E-state index contributed by atoms with van der Waals surface area (Å²) in [5.74, 6) is 0. The molecule has 3 heteroatoms. The summed E-state index contributed by atoms with van der Waals surface area (Å²) in [6.45, 7) is 2.02. The Hall–Kier alpha value is -0.730. The zero-order valence-electron chi connectivity index (χ0n) is 6.81. The van der Waals surface area contributed by atoms with Crippen molar-refractivity contribution in [3.05, 3.63) is 11.9 Å². The van der Waals surface area contributed by atoms with Crippen molar-refractivity contribution in [1.29, 1.82) is 0 Å². The number of allylic oxidation sites excluding steroid dienone is 1. The Labute approximate surface area is 66.4 Å². The lowest BCUT2D eigenvalue weighted by Crippen LogP contribution is -2.42. The minimum Gasteiger partial charge on any atom is -0.403 e. The van der Waals surface area contributed by atoms with Gasteiger partial charge in [0.25, 0.3) is 0 Å². The largest absolute Gasteiger partial charge is 0.403 e. The first-order chi connectivity index (χ1) is 5.14. The molecule has 1 saturated carbocycles. The van der Waals surface area contributed by atoms with Gasteiger partial charge in [0.05, 0.1) is 0 Å². The number of halogens is 1. The summed E-state index contributed by atoms with van der Waals surface area (Å²) < 4.78 is 12.6. The Balaban J connectivity index is 2.64. The molecule has 0 amide bonds. The Bertz CT molecular complexity index is 171. The predicted molar refractivity (Wildman–Crippen MR) is 43.3 cm³/mol. The third-order valence-electron chi connectivity index (χ3n) is 2.69. The first kappa shape index (κ1) is 8.37. The molecule has 1 rings (SSSR count). The van der Waals surface area contributed by atoms with Crippen molar-refractivity contribution in [2.45, 2.75) is 32.4 Å². The molecule has 0 radical (unpaired) electrons. The maximum atomic E-state index is 12.6. The van der Waals surface area contributed by atoms with Crippen LogP contribution in [-0.2, 0) is 0 Å². The van der Waals surface area contributed by atoms with E-state index in [2.05, 4.69) is 0 Å². The van der Waals surface area contributed by atoms with E-state index in [1.165, 1.54) is 6.20 Å². The van der Waals surface area contributed by atoms with E-state index in [1.807, 2.05) is 6.92 Å². The molecule has 11 heavy (non-hydrogen) atoms. The highest BCUT2D eigenvalue weighted by molar-refractivity contribution is 5.15. The van der Waals surface area contributed by atoms with Crippen molar-refractivity contribution in [3.63, 3.8) is 0 Å². The van der Waals surface area contributed by atoms with Gasteiger partial charge in [-0.2, -0.15) is 0 Å². The van der Waals surface area contributed by atoms with Crippen LogP contribution in [0.15, 0.2) is 11.9 Å². The van der Waals surface area contributed by atoms with Crippen LogP contribution < -0.4 is 11.5 Å². The van der Waals surface area contributed by atoms with E-state index >= 15 is 0 Å². The van der Waals surface area contributed by atoms with Crippen LogP contribution in [0.1, 0.15) is 26.2 Å². The summed E-state index contributed by atoms with van der Waals surface area (Å²) in [6, 6.07) is 0. The Morgan fingerprint density at radius 3 is 2.55 bits per heavy atom. The fourth-order valence-corrected chi connectivity index (χ4v) is 1.69. The van der Waals surface area contributed by atoms with Crippen molar-refractivity contribution < 1.29 is 4.39 Å². The van der Waals surface area contributed by atoms with Gasteiger partial charge in [-0.05, 0) is 19.3 Å². The van der Waals surface area contributed by atoms with Gasteiger partial charge in [-0.1, -0.05) is 6.92 Å². The second kappa shape index (κ2) is 2.72. The zero-order chi connectivity index (χ0) is 8.48. The fraction of sp³-hybridized carbons (Fsp3) is 0.750. The summed E-state index contributed by atoms with van der Waals surface area (Å²) in [5.41, 5.74) is 11.5. The van der Waals surface area contributed by atoms with Gasteiger partial charge < -0.3 is 11.5 Å². The van der Waals surface area contributed by atoms with Gasteiger partial charge in [0.1, 0.15) is 6.17 Å². The van der Waals surface area contributed by atoms with Crippen molar-refractivity contribution in [1.82, 2.24) is 0 Å². The normalized spacial score (nSPS) is 38.4. The zero-order valence-corrected chi connectivity index (χ0v) is 6.81. The van der Waals surface area contributed by atoms with E-state index in [0.717, 1.165) is 6.42 Å². The topological polar surface area (TPSA) is 52.0 Å². The molecule has 0 heterocycles. The third kappa shape index (κ3) is 1.19. The Morgan fingerprint density at radius 2 is 2.27 bits per heavy atom. The van der Waals surface area contributed by atoms with E-state index in [4.69, 9.17) is 11.5 Å². The highest BCUT2D eigenvalue weighted by Crippen LogP contribution is 2.49. The van der Waals surface area contributed by atoms with Crippen LogP contribution in [0.4, 0.5) is 4.39 Å². The summed E-state index contributed by atoms with van der Waals surface area (Å²) in [5, 5.41) is 0. The molecule has 64 valence electrons. The molecule has 0 saturated heterocycles. The first-order valence-corrected chi connectivity index (χ1v) is 3.96. The van der Waals surface area contributed by atoms with Crippen LogP contribution >= 0.6 is 0 Å². The van der Waals surface area contributed by atoms with Crippen LogP contribution in [0.3, 0.4) is 0 Å². The summed E-state index contributed by atoms with van der Waals surface area (Å²) in [6.07, 6.45) is 2.70. The highest BCUT2D eigenvalue weighted by Gasteiger charge is 2.45. The SMILES string of the molecule is CCC1(/C(N)=C/N)CC(F)C1. The van der Waals surface area contributed by atoms with E-state index in [1.54, 1.807) is 0 Å². The Morgan fingerprint density at radius 1 is 1.73 bits per heavy atom. The van der Waals surface area contributed by atoms with Crippen molar-refractivity contribution in [2.24, 2.45) is 16.9 Å². The number of nitrogens with two attached hydrogens (primary N) is 2. The molecule has 0 aliphatic heterocycles. The standard InChI is InChI=1S/C8H15FN2/c1-2-8(7(11)5-10)3-6(9)4-8/h5-6H,2-4,10-11H2,1H3/b7-5-. The average molecular weight is 158 g/mol. The third-order valence-corrected chi connectivity index (χ3v) is 2.69. The average Bonchev–Trinajstić information content (AvgIpc) is 1.96. The van der Waals surface area contributed by atoms with E-state index in [9.17, 15) is 4.39 Å². The first-order valence-electron chi connectivity index (χ1n) is 3.96. The number of rotatable bonds is 2. The molecule has 0 aromatic heterocycles. The van der Waals surface area contributed by atoms with E-state index in [0.29, 0.717) is 18.5 Å². The van der Waals surface area contributed by atoms with Gasteiger partial charge in [-0.15, -0.1) is 0 Å². The molecule has 2 nitrogen and oxygen atoms in total. The van der Waals surface area contributed by atoms with Gasteiger partial charge in [0, 0.05) is 17.3 Å². The van der Waals surface area contributed by atoms with Crippen molar-refractivity contribution in [3.8, 4) is 0 Å². The maximum absolute atomic E-state index is 12.6. The monoisotopic (exact) mass is 158 g/mol. The molecule has 0 aromatic carbocycles. The maximum Gasteiger partial charge on any atom is 0.102 e. The van der Waals surface area contributed by atoms with E-state index in [-0.39, 0.29) is 5.41 Å². The molecule has 0 aromatic rings. The van der Waals surface area contributed by atoms with Crippen molar-refractivity contribution in [2.75, 3.05) is 0 Å². The minimum absolute atomic E-state index is 0.117. The van der Waals surface area contributed by atoms with E-state index < -0.39 is 6.17 Å². The molecule has 0 bridgehead atoms. The van der Waals surface area contributed by atoms with Crippen LogP contribution in [-0.4, -0.2) is 6.17 Å². The number of alkyl halides is 1. The molecule has 4 N–H and O–H groups in total. The van der Waals surface area contributed by atoms with Crippen molar-refractivity contribution >= 4 is 0 Å². The second-order valence-electron chi connectivity index (χ2n) is 3.26. The van der Waals surface area contributed by atoms with Gasteiger partial charge in [-0.3, -0.25) is 0 Å². The summed E-state index contributed by atoms with van der Waals surface area (Å²) in [4.78, 5) is 0. The lowest BCUT2D eigenvalue weighted by molar-refractivity contribution is 0.0527. The Kier molecular flexibility index (Phi) is 2.07. The van der Waals surface area contributed by atoms with Crippen LogP contribution in [0, 0.1) is 5.41 Å². The molecule has 1 aliphatic carbocycles. The van der Waals surface area contributed by atoms with Gasteiger partial charge >= 0.3 is 0 Å². The van der Waals surface area contributed by atoms with Gasteiger partial charge in [0.2, 0.25) is 0 Å². The lowest BCUT2D eigenvalue weighted by atomic mass is 9.64. The van der Waals surface area contributed by atoms with Gasteiger partial charge in [-0.25, -0.2) is 4.39 Å². The summed E-state index contributed by atoms with van der Waals surface area (Å²) in [7, 11) is 0. The lowest BCUT2D eigenvalue weighted by Gasteiger charge is -2.44.